The van der Waals surface area contributed by atoms with Gasteiger partial charge in [-0.1, -0.05) is 12.1 Å². The van der Waals surface area contributed by atoms with Crippen molar-refractivity contribution in [3.8, 4) is 0 Å². The maximum absolute atomic E-state index is 8.65. The molecule has 0 amide bonds. The Bertz CT molecular complexity index is 292. The molecule has 13 heavy (non-hydrogen) atoms. The molecule has 0 aromatic carbocycles. The second-order valence-corrected chi connectivity index (χ2v) is 3.20. The third-order valence-electron chi connectivity index (χ3n) is 2.52. The number of rotatable bonds is 3. The SMILES string of the molecule is CC[C@](C)(C(N)=NO)n1cccc1. The highest BCUT2D eigenvalue weighted by Crippen LogP contribution is 2.20. The molecule has 0 aliphatic carbocycles. The van der Waals surface area contributed by atoms with Gasteiger partial charge in [-0.25, -0.2) is 0 Å². The van der Waals surface area contributed by atoms with Gasteiger partial charge in [0.05, 0.1) is 0 Å². The highest BCUT2D eigenvalue weighted by Gasteiger charge is 2.28. The Hall–Kier alpha value is -1.45. The number of nitrogens with two attached hydrogens (primary N) is 1. The summed E-state index contributed by atoms with van der Waals surface area (Å²) in [4.78, 5) is 0. The van der Waals surface area contributed by atoms with Gasteiger partial charge < -0.3 is 15.5 Å². The van der Waals surface area contributed by atoms with Crippen LogP contribution >= 0.6 is 0 Å². The molecule has 0 fully saturated rings. The zero-order valence-corrected chi connectivity index (χ0v) is 7.94. The normalized spacial score (nSPS) is 16.9. The van der Waals surface area contributed by atoms with E-state index in [9.17, 15) is 0 Å². The van der Waals surface area contributed by atoms with Crippen molar-refractivity contribution in [1.29, 1.82) is 0 Å². The average Bonchev–Trinajstić information content (AvgIpc) is 2.68. The minimum absolute atomic E-state index is 0.228. The van der Waals surface area contributed by atoms with Gasteiger partial charge in [0.2, 0.25) is 0 Å². The fourth-order valence-corrected chi connectivity index (χ4v) is 1.27. The van der Waals surface area contributed by atoms with Crippen LogP contribution in [0.15, 0.2) is 29.7 Å². The fourth-order valence-electron chi connectivity index (χ4n) is 1.27. The average molecular weight is 181 g/mol. The lowest BCUT2D eigenvalue weighted by Gasteiger charge is -2.28. The first-order chi connectivity index (χ1) is 6.15. The molecule has 1 heterocycles. The lowest BCUT2D eigenvalue weighted by molar-refractivity contribution is 0.302. The van der Waals surface area contributed by atoms with Crippen LogP contribution in [0.1, 0.15) is 20.3 Å². The maximum atomic E-state index is 8.65. The number of oxime groups is 1. The molecule has 3 N–H and O–H groups in total. The smallest absolute Gasteiger partial charge is 0.165 e. The number of nitrogens with zero attached hydrogens (tertiary/aromatic N) is 2. The summed E-state index contributed by atoms with van der Waals surface area (Å²) in [5, 5.41) is 11.7. The van der Waals surface area contributed by atoms with E-state index < -0.39 is 5.54 Å². The topological polar surface area (TPSA) is 63.5 Å². The summed E-state index contributed by atoms with van der Waals surface area (Å²) >= 11 is 0. The van der Waals surface area contributed by atoms with E-state index in [-0.39, 0.29) is 5.84 Å². The quantitative estimate of drug-likeness (QED) is 0.320. The van der Waals surface area contributed by atoms with E-state index in [0.29, 0.717) is 0 Å². The van der Waals surface area contributed by atoms with Crippen LogP contribution in [0.3, 0.4) is 0 Å². The van der Waals surface area contributed by atoms with E-state index in [1.54, 1.807) is 0 Å². The van der Waals surface area contributed by atoms with Gasteiger partial charge in [0.15, 0.2) is 5.84 Å². The molecule has 0 aliphatic rings. The van der Waals surface area contributed by atoms with Gasteiger partial charge in [0.1, 0.15) is 5.54 Å². The zero-order valence-electron chi connectivity index (χ0n) is 7.94. The number of aromatic nitrogens is 1. The van der Waals surface area contributed by atoms with E-state index in [4.69, 9.17) is 10.9 Å². The van der Waals surface area contributed by atoms with Crippen molar-refractivity contribution in [3.63, 3.8) is 0 Å². The van der Waals surface area contributed by atoms with Gasteiger partial charge in [-0.05, 0) is 25.5 Å². The van der Waals surface area contributed by atoms with Crippen LogP contribution in [0.5, 0.6) is 0 Å². The van der Waals surface area contributed by atoms with Crippen LogP contribution in [0.25, 0.3) is 0 Å². The maximum Gasteiger partial charge on any atom is 0.165 e. The monoisotopic (exact) mass is 181 g/mol. The van der Waals surface area contributed by atoms with Gasteiger partial charge in [0, 0.05) is 12.4 Å². The predicted molar refractivity (Wildman–Crippen MR) is 51.8 cm³/mol. The Balaban J connectivity index is 3.08. The molecule has 0 unspecified atom stereocenters. The Morgan fingerprint density at radius 3 is 2.46 bits per heavy atom. The van der Waals surface area contributed by atoms with Crippen LogP contribution in [0.4, 0.5) is 0 Å². The lowest BCUT2D eigenvalue weighted by Crippen LogP contribution is -2.42. The summed E-state index contributed by atoms with van der Waals surface area (Å²) in [7, 11) is 0. The van der Waals surface area contributed by atoms with Crippen LogP contribution in [-0.4, -0.2) is 15.6 Å². The molecule has 1 aromatic heterocycles. The number of hydrogen-bond donors (Lipinski definition) is 2. The Labute approximate surface area is 77.7 Å². The largest absolute Gasteiger partial charge is 0.409 e. The molecular weight excluding hydrogens is 166 g/mol. The summed E-state index contributed by atoms with van der Waals surface area (Å²) in [5.74, 6) is 0.228. The van der Waals surface area contributed by atoms with Crippen molar-refractivity contribution < 1.29 is 5.21 Å². The summed E-state index contributed by atoms with van der Waals surface area (Å²) in [6.07, 6.45) is 4.58. The van der Waals surface area contributed by atoms with Gasteiger partial charge in [-0.15, -0.1) is 0 Å². The van der Waals surface area contributed by atoms with Crippen molar-refractivity contribution in [2.45, 2.75) is 25.8 Å². The molecule has 0 radical (unpaired) electrons. The first-order valence-electron chi connectivity index (χ1n) is 4.26. The molecule has 0 aliphatic heterocycles. The van der Waals surface area contributed by atoms with E-state index in [0.717, 1.165) is 6.42 Å². The van der Waals surface area contributed by atoms with Crippen molar-refractivity contribution in [2.24, 2.45) is 10.9 Å². The molecule has 1 rings (SSSR count). The molecule has 1 aromatic rings. The minimum atomic E-state index is -0.432. The summed E-state index contributed by atoms with van der Waals surface area (Å²) < 4.78 is 1.93. The van der Waals surface area contributed by atoms with Crippen LogP contribution in [-0.2, 0) is 5.54 Å². The summed E-state index contributed by atoms with van der Waals surface area (Å²) in [6, 6.07) is 3.83. The van der Waals surface area contributed by atoms with Gasteiger partial charge in [-0.2, -0.15) is 0 Å². The Morgan fingerprint density at radius 2 is 2.08 bits per heavy atom. The molecule has 0 saturated carbocycles. The van der Waals surface area contributed by atoms with Gasteiger partial charge in [-0.3, -0.25) is 0 Å². The van der Waals surface area contributed by atoms with Crippen molar-refractivity contribution in [1.82, 2.24) is 4.57 Å². The molecule has 0 spiro atoms. The van der Waals surface area contributed by atoms with Crippen LogP contribution in [0, 0.1) is 0 Å². The van der Waals surface area contributed by atoms with Crippen LogP contribution in [0.2, 0.25) is 0 Å². The highest BCUT2D eigenvalue weighted by molar-refractivity contribution is 5.87. The Kier molecular flexibility index (Phi) is 2.60. The standard InChI is InChI=1S/C9H15N3O/c1-3-9(2,8(10)11-13)12-6-4-5-7-12/h4-7,13H,3H2,1-2H3,(H2,10,11)/t9-/m1/s1. The third-order valence-corrected chi connectivity index (χ3v) is 2.52. The number of amidine groups is 1. The third kappa shape index (κ3) is 1.52. The van der Waals surface area contributed by atoms with Crippen molar-refractivity contribution in [3.05, 3.63) is 24.5 Å². The van der Waals surface area contributed by atoms with Crippen molar-refractivity contribution >= 4 is 5.84 Å². The molecular formula is C9H15N3O. The number of hydrogen-bond acceptors (Lipinski definition) is 2. The van der Waals surface area contributed by atoms with Gasteiger partial charge in [0.25, 0.3) is 0 Å². The molecule has 4 nitrogen and oxygen atoms in total. The zero-order chi connectivity index (χ0) is 9.90. The second-order valence-electron chi connectivity index (χ2n) is 3.20. The summed E-state index contributed by atoms with van der Waals surface area (Å²) in [5.41, 5.74) is 5.20. The summed E-state index contributed by atoms with van der Waals surface area (Å²) in [6.45, 7) is 3.93. The molecule has 4 heteroatoms. The minimum Gasteiger partial charge on any atom is -0.409 e. The first kappa shape index (κ1) is 9.64. The molecule has 0 bridgehead atoms. The van der Waals surface area contributed by atoms with E-state index in [1.165, 1.54) is 0 Å². The highest BCUT2D eigenvalue weighted by atomic mass is 16.4. The van der Waals surface area contributed by atoms with E-state index >= 15 is 0 Å². The fraction of sp³-hybridized carbons (Fsp3) is 0.444. The Morgan fingerprint density at radius 1 is 1.54 bits per heavy atom. The van der Waals surface area contributed by atoms with E-state index in [1.807, 2.05) is 42.9 Å². The molecule has 1 atom stereocenters. The van der Waals surface area contributed by atoms with E-state index in [2.05, 4.69) is 5.16 Å². The lowest BCUT2D eigenvalue weighted by atomic mass is 9.97. The second kappa shape index (κ2) is 3.51. The van der Waals surface area contributed by atoms with Crippen molar-refractivity contribution in [2.75, 3.05) is 0 Å². The first-order valence-corrected chi connectivity index (χ1v) is 4.26. The molecule has 0 saturated heterocycles. The predicted octanol–water partition coefficient (Wildman–Crippen LogP) is 1.36. The molecule has 72 valence electrons. The van der Waals surface area contributed by atoms with Gasteiger partial charge >= 0.3 is 0 Å². The van der Waals surface area contributed by atoms with Crippen LogP contribution < -0.4 is 5.73 Å².